The minimum Gasteiger partial charge on any atom is -0.491 e. The predicted molar refractivity (Wildman–Crippen MR) is 108 cm³/mol. The molecular weight excluding hydrogens is 340 g/mol. The number of hydrogen-bond donors (Lipinski definition) is 2. The van der Waals surface area contributed by atoms with Gasteiger partial charge >= 0.3 is 0 Å². The number of carbonyl (C=O) groups excluding carboxylic acids is 1. The van der Waals surface area contributed by atoms with E-state index in [1.807, 2.05) is 43.0 Å². The van der Waals surface area contributed by atoms with E-state index in [1.165, 1.54) is 0 Å². The molecule has 1 aromatic heterocycles. The second kappa shape index (κ2) is 8.34. The highest BCUT2D eigenvalue weighted by molar-refractivity contribution is 5.99. The lowest BCUT2D eigenvalue weighted by molar-refractivity contribution is 0.0357. The summed E-state index contributed by atoms with van der Waals surface area (Å²) in [6.45, 7) is 8.03. The van der Waals surface area contributed by atoms with Crippen LogP contribution < -0.4 is 4.74 Å². The molecule has 27 heavy (non-hydrogen) atoms. The van der Waals surface area contributed by atoms with Gasteiger partial charge in [0, 0.05) is 18.5 Å². The Hall–Kier alpha value is -2.01. The average Bonchev–Trinajstić information content (AvgIpc) is 3.06. The number of ether oxygens (including phenoxy) is 1. The van der Waals surface area contributed by atoms with Gasteiger partial charge in [0.25, 0.3) is 5.91 Å². The minimum atomic E-state index is -0.637. The van der Waals surface area contributed by atoms with E-state index in [9.17, 15) is 9.90 Å². The Bertz CT molecular complexity index is 767. The van der Waals surface area contributed by atoms with E-state index in [1.54, 1.807) is 0 Å². The summed E-state index contributed by atoms with van der Waals surface area (Å²) >= 11 is 0. The maximum absolute atomic E-state index is 12.9. The largest absolute Gasteiger partial charge is 0.491 e. The van der Waals surface area contributed by atoms with Gasteiger partial charge in [0.2, 0.25) is 0 Å². The van der Waals surface area contributed by atoms with Gasteiger partial charge in [-0.25, -0.2) is 0 Å². The van der Waals surface area contributed by atoms with Gasteiger partial charge in [-0.3, -0.25) is 4.79 Å². The van der Waals surface area contributed by atoms with Crippen LogP contribution in [0.4, 0.5) is 0 Å². The summed E-state index contributed by atoms with van der Waals surface area (Å²) in [5.41, 5.74) is 0.883. The zero-order chi connectivity index (χ0) is 19.4. The average molecular weight is 373 g/mol. The van der Waals surface area contributed by atoms with Crippen LogP contribution in [0.5, 0.6) is 5.75 Å². The van der Waals surface area contributed by atoms with E-state index in [4.69, 9.17) is 4.74 Å². The van der Waals surface area contributed by atoms with Crippen molar-refractivity contribution in [1.82, 2.24) is 9.88 Å². The van der Waals surface area contributed by atoms with E-state index >= 15 is 0 Å². The summed E-state index contributed by atoms with van der Waals surface area (Å²) < 4.78 is 5.88. The van der Waals surface area contributed by atoms with E-state index in [0.29, 0.717) is 18.2 Å². The Balaban J connectivity index is 1.67. The molecule has 5 heteroatoms. The molecule has 2 aromatic rings. The zero-order valence-electron chi connectivity index (χ0n) is 16.8. The lowest BCUT2D eigenvalue weighted by Gasteiger charge is -2.34. The van der Waals surface area contributed by atoms with Gasteiger partial charge in [-0.1, -0.05) is 25.5 Å². The summed E-state index contributed by atoms with van der Waals surface area (Å²) in [6.07, 6.45) is 4.79. The van der Waals surface area contributed by atoms with Crippen LogP contribution in [0.2, 0.25) is 0 Å². The third-order valence-corrected chi connectivity index (χ3v) is 5.29. The Kier molecular flexibility index (Phi) is 6.10. The van der Waals surface area contributed by atoms with Gasteiger partial charge < -0.3 is 19.7 Å². The molecule has 0 unspecified atom stereocenters. The van der Waals surface area contributed by atoms with Crippen LogP contribution in [0.15, 0.2) is 24.3 Å². The van der Waals surface area contributed by atoms with E-state index in [0.717, 1.165) is 61.8 Å². The number of para-hydroxylation sites is 1. The number of aromatic nitrogens is 1. The summed E-state index contributed by atoms with van der Waals surface area (Å²) in [5, 5.41) is 11.0. The molecule has 3 rings (SSSR count). The number of rotatable bonds is 7. The summed E-state index contributed by atoms with van der Waals surface area (Å²) in [5.74, 6) is 1.34. The molecule has 2 N–H and O–H groups in total. The second-order valence-corrected chi connectivity index (χ2v) is 8.36. The Morgan fingerprint density at radius 2 is 2.07 bits per heavy atom. The maximum atomic E-state index is 12.9. The van der Waals surface area contributed by atoms with Crippen molar-refractivity contribution in [2.24, 2.45) is 5.92 Å². The molecule has 1 amide bonds. The highest BCUT2D eigenvalue weighted by Crippen LogP contribution is 2.29. The van der Waals surface area contributed by atoms with E-state index in [-0.39, 0.29) is 5.91 Å². The fourth-order valence-corrected chi connectivity index (χ4v) is 3.91. The van der Waals surface area contributed by atoms with Gasteiger partial charge in [-0.15, -0.1) is 0 Å². The number of unbranched alkanes of at least 4 members (excludes halogenated alkanes) is 1. The normalized spacial score (nSPS) is 16.1. The zero-order valence-corrected chi connectivity index (χ0v) is 16.8. The van der Waals surface area contributed by atoms with Crippen molar-refractivity contribution in [1.29, 1.82) is 0 Å². The number of nitrogens with zero attached hydrogens (tertiary/aromatic N) is 1. The first-order valence-corrected chi connectivity index (χ1v) is 10.1. The molecule has 5 nitrogen and oxygen atoms in total. The van der Waals surface area contributed by atoms with Crippen molar-refractivity contribution in [3.05, 3.63) is 30.0 Å². The first-order valence-electron chi connectivity index (χ1n) is 10.1. The van der Waals surface area contributed by atoms with Gasteiger partial charge in [-0.2, -0.15) is 0 Å². The number of likely N-dealkylation sites (tertiary alicyclic amines) is 1. The Morgan fingerprint density at radius 3 is 2.74 bits per heavy atom. The number of H-pyrrole nitrogens is 1. The molecule has 0 atom stereocenters. The van der Waals surface area contributed by atoms with Gasteiger partial charge in [0.1, 0.15) is 11.4 Å². The van der Waals surface area contributed by atoms with Crippen molar-refractivity contribution in [2.75, 3.05) is 19.7 Å². The first-order chi connectivity index (χ1) is 12.9. The monoisotopic (exact) mass is 372 g/mol. The smallest absolute Gasteiger partial charge is 0.270 e. The lowest BCUT2D eigenvalue weighted by Crippen LogP contribution is -2.40. The van der Waals surface area contributed by atoms with Crippen LogP contribution in [0.25, 0.3) is 10.9 Å². The number of amides is 1. The number of nitrogens with one attached hydrogen (secondary N) is 1. The second-order valence-electron chi connectivity index (χ2n) is 8.36. The molecule has 1 aliphatic heterocycles. The standard InChI is InChI=1S/C22H32N2O3/c1-4-5-13-27-19-8-6-7-17-14-18(23-20(17)19)21(25)24-11-9-16(10-12-24)15-22(2,3)26/h6-8,14,16,23,26H,4-5,9-13,15H2,1-3H3. The summed E-state index contributed by atoms with van der Waals surface area (Å²) in [4.78, 5) is 18.1. The van der Waals surface area contributed by atoms with E-state index < -0.39 is 5.60 Å². The minimum absolute atomic E-state index is 0.0485. The summed E-state index contributed by atoms with van der Waals surface area (Å²) in [6, 6.07) is 7.84. The molecule has 1 aromatic carbocycles. The molecule has 0 radical (unpaired) electrons. The number of aliphatic hydroxyl groups is 1. The first kappa shape index (κ1) is 19.7. The molecule has 1 aliphatic rings. The SMILES string of the molecule is CCCCOc1cccc2cc(C(=O)N3CCC(CC(C)(C)O)CC3)[nH]c12. The van der Waals surface area contributed by atoms with Crippen molar-refractivity contribution in [2.45, 2.75) is 58.5 Å². The Morgan fingerprint density at radius 1 is 1.33 bits per heavy atom. The predicted octanol–water partition coefficient (Wildman–Crippen LogP) is 4.36. The third-order valence-electron chi connectivity index (χ3n) is 5.29. The van der Waals surface area contributed by atoms with Crippen LogP contribution in [0, 0.1) is 5.92 Å². The fraction of sp³-hybridized carbons (Fsp3) is 0.591. The molecule has 0 bridgehead atoms. The number of piperidine rings is 1. The van der Waals surface area contributed by atoms with Crippen LogP contribution in [0.1, 0.15) is 63.4 Å². The Labute approximate surface area is 161 Å². The number of hydrogen-bond acceptors (Lipinski definition) is 3. The van der Waals surface area contributed by atoms with Crippen molar-refractivity contribution < 1.29 is 14.6 Å². The van der Waals surface area contributed by atoms with Crippen LogP contribution in [-0.2, 0) is 0 Å². The van der Waals surface area contributed by atoms with Gasteiger partial charge in [0.05, 0.1) is 17.7 Å². The number of benzene rings is 1. The maximum Gasteiger partial charge on any atom is 0.270 e. The fourth-order valence-electron chi connectivity index (χ4n) is 3.91. The van der Waals surface area contributed by atoms with Crippen LogP contribution >= 0.6 is 0 Å². The third kappa shape index (κ3) is 5.04. The van der Waals surface area contributed by atoms with Gasteiger partial charge in [-0.05, 0) is 57.6 Å². The summed E-state index contributed by atoms with van der Waals surface area (Å²) in [7, 11) is 0. The topological polar surface area (TPSA) is 65.6 Å². The molecule has 1 saturated heterocycles. The molecule has 1 fully saturated rings. The van der Waals surface area contributed by atoms with Crippen LogP contribution in [0.3, 0.4) is 0 Å². The molecular formula is C22H32N2O3. The van der Waals surface area contributed by atoms with Crippen LogP contribution in [-0.4, -0.2) is 46.2 Å². The highest BCUT2D eigenvalue weighted by Gasteiger charge is 2.28. The molecule has 0 aliphatic carbocycles. The van der Waals surface area contributed by atoms with Gasteiger partial charge in [0.15, 0.2) is 0 Å². The molecule has 0 saturated carbocycles. The van der Waals surface area contributed by atoms with Crippen molar-refractivity contribution in [3.63, 3.8) is 0 Å². The van der Waals surface area contributed by atoms with Crippen molar-refractivity contribution in [3.8, 4) is 5.75 Å². The highest BCUT2D eigenvalue weighted by atomic mass is 16.5. The number of carbonyl (C=O) groups is 1. The molecule has 0 spiro atoms. The molecule has 148 valence electrons. The number of aromatic amines is 1. The van der Waals surface area contributed by atoms with Crippen molar-refractivity contribution >= 4 is 16.8 Å². The lowest BCUT2D eigenvalue weighted by atomic mass is 9.86. The van der Waals surface area contributed by atoms with E-state index in [2.05, 4.69) is 11.9 Å². The number of fused-ring (bicyclic) bond motifs is 1. The molecule has 2 heterocycles. The quantitative estimate of drug-likeness (QED) is 0.710.